The second kappa shape index (κ2) is 15.0. The van der Waals surface area contributed by atoms with Crippen LogP contribution in [0, 0.1) is 6.92 Å². The van der Waals surface area contributed by atoms with E-state index < -0.39 is 0 Å². The largest absolute Gasteiger partial charge is 0.456 e. The third kappa shape index (κ3) is 6.23. The number of para-hydroxylation sites is 2. The lowest BCUT2D eigenvalue weighted by Gasteiger charge is -2.24. The molecule has 11 aromatic rings. The smallest absolute Gasteiger partial charge is 0.143 e. The minimum Gasteiger partial charge on any atom is -0.456 e. The average Bonchev–Trinajstić information content (AvgIpc) is 4.13. The highest BCUT2D eigenvalue weighted by Gasteiger charge is 2.43. The van der Waals surface area contributed by atoms with Crippen LogP contribution in [0.4, 0.5) is 0 Å². The van der Waals surface area contributed by atoms with E-state index in [0.29, 0.717) is 0 Å². The van der Waals surface area contributed by atoms with E-state index in [-0.39, 0.29) is 21.7 Å². The molecule has 2 heterocycles. The molecule has 73 heavy (non-hydrogen) atoms. The first-order chi connectivity index (χ1) is 35.0. The molecule has 0 bridgehead atoms. The summed E-state index contributed by atoms with van der Waals surface area (Å²) >= 11 is 0. The number of allylic oxidation sites excluding steroid dienone is 1. The molecule has 14 rings (SSSR count). The minimum atomic E-state index is -0.250. The molecule has 3 aliphatic carbocycles. The number of fused-ring (bicyclic) bond motifs is 17. The van der Waals surface area contributed by atoms with Gasteiger partial charge in [-0.25, -0.2) is 0 Å². The Hall–Kier alpha value is -7.68. The van der Waals surface area contributed by atoms with E-state index in [0.717, 1.165) is 34.3 Å². The van der Waals surface area contributed by atoms with Gasteiger partial charge in [-0.05, 0) is 161 Å². The van der Waals surface area contributed by atoms with Crippen molar-refractivity contribution in [1.29, 1.82) is 0 Å². The molecule has 2 nitrogen and oxygen atoms in total. The maximum absolute atomic E-state index is 6.85. The van der Waals surface area contributed by atoms with Crippen LogP contribution < -0.4 is 0 Å². The van der Waals surface area contributed by atoms with Crippen molar-refractivity contribution < 1.29 is 8.83 Å². The van der Waals surface area contributed by atoms with Gasteiger partial charge in [-0.15, -0.1) is 0 Å². The quantitative estimate of drug-likeness (QED) is 0.161. The minimum absolute atomic E-state index is 0.0728. The fraction of sp³-hybridized carbons (Fsp3) is 0.211. The molecule has 0 unspecified atom stereocenters. The Morgan fingerprint density at radius 2 is 1.05 bits per heavy atom. The van der Waals surface area contributed by atoms with Crippen molar-refractivity contribution in [2.45, 2.75) is 97.3 Å². The molecule has 0 fully saturated rings. The number of benzene rings is 9. The summed E-state index contributed by atoms with van der Waals surface area (Å²) in [6.45, 7) is 23.5. The summed E-state index contributed by atoms with van der Waals surface area (Å²) < 4.78 is 13.3. The molecular weight excluding hydrogens is 885 g/mol. The lowest BCUT2D eigenvalue weighted by atomic mass is 9.79. The molecule has 0 saturated carbocycles. The van der Waals surface area contributed by atoms with Gasteiger partial charge in [0.25, 0.3) is 0 Å². The first-order valence-corrected chi connectivity index (χ1v) is 26.3. The summed E-state index contributed by atoms with van der Waals surface area (Å²) in [7, 11) is 0. The number of aryl methyl sites for hydroxylation is 1. The maximum atomic E-state index is 6.85. The standard InChI is InChI=1S/C71H60O2/c1-40-17-11-12-18-46(40)44(33-41-23-29-47-52-38-58-53(39-57(52)70(7,8)55(47)35-41)64-54(69(58,5)6)31-32-62-65(64)49-19-13-15-21-60(49)72-62)34-42-24-30-48-56(36-42)71(9,10)59-37-51(43-25-27-45(28-26-43)68(2,3)4)67-66(63(48)59)50-20-14-16-22-61(50)73-67/h11-32,34-39H,33H2,1-10H3/b44-34-. The SMILES string of the molecule is Cc1ccccc1/C(=C\c1ccc2c(c1)C(C)(C)c1cc(-c3ccc(C(C)(C)C)cc3)c3oc4ccccc4c3c1-2)Cc1ccc2c(c1)C(C)(C)c1cc3c(cc1-2)C(C)(C)c1ccc2oc4ccccc4c2c1-3. The fourth-order valence-corrected chi connectivity index (χ4v) is 13.6. The van der Waals surface area contributed by atoms with Crippen LogP contribution in [0.2, 0.25) is 0 Å². The van der Waals surface area contributed by atoms with Crippen LogP contribution >= 0.6 is 0 Å². The summed E-state index contributed by atoms with van der Waals surface area (Å²) in [5.41, 5.74) is 29.6. The Balaban J connectivity index is 0.864. The lowest BCUT2D eigenvalue weighted by molar-refractivity contribution is 0.590. The van der Waals surface area contributed by atoms with Gasteiger partial charge in [0, 0.05) is 43.4 Å². The van der Waals surface area contributed by atoms with Crippen molar-refractivity contribution in [3.63, 3.8) is 0 Å². The van der Waals surface area contributed by atoms with Gasteiger partial charge in [-0.3, -0.25) is 0 Å². The molecular formula is C71H60O2. The first-order valence-electron chi connectivity index (χ1n) is 26.3. The van der Waals surface area contributed by atoms with Gasteiger partial charge in [0.2, 0.25) is 0 Å². The summed E-state index contributed by atoms with van der Waals surface area (Å²) in [6, 6.07) is 61.6. The van der Waals surface area contributed by atoms with Crippen LogP contribution in [0.1, 0.15) is 124 Å². The zero-order valence-corrected chi connectivity index (χ0v) is 43.7. The second-order valence-electron chi connectivity index (χ2n) is 24.1. The lowest BCUT2D eigenvalue weighted by Crippen LogP contribution is -2.17. The number of rotatable bonds is 5. The summed E-state index contributed by atoms with van der Waals surface area (Å²) in [5.74, 6) is 0. The molecule has 9 aromatic carbocycles. The van der Waals surface area contributed by atoms with E-state index in [1.54, 1.807) is 0 Å². The van der Waals surface area contributed by atoms with Crippen LogP contribution in [-0.2, 0) is 28.1 Å². The summed E-state index contributed by atoms with van der Waals surface area (Å²) in [5, 5.41) is 4.80. The molecule has 356 valence electrons. The second-order valence-corrected chi connectivity index (χ2v) is 24.1. The highest BCUT2D eigenvalue weighted by Crippen LogP contribution is 2.59. The number of hydrogen-bond acceptors (Lipinski definition) is 2. The fourth-order valence-electron chi connectivity index (χ4n) is 13.6. The van der Waals surface area contributed by atoms with Crippen molar-refractivity contribution in [3.05, 3.63) is 225 Å². The van der Waals surface area contributed by atoms with E-state index in [9.17, 15) is 0 Å². The van der Waals surface area contributed by atoms with Crippen molar-refractivity contribution in [1.82, 2.24) is 0 Å². The van der Waals surface area contributed by atoms with Gasteiger partial charge < -0.3 is 8.83 Å². The van der Waals surface area contributed by atoms with Gasteiger partial charge in [0.1, 0.15) is 22.3 Å². The summed E-state index contributed by atoms with van der Waals surface area (Å²) in [4.78, 5) is 0. The van der Waals surface area contributed by atoms with E-state index >= 15 is 0 Å². The van der Waals surface area contributed by atoms with Gasteiger partial charge in [-0.1, -0.05) is 196 Å². The first kappa shape index (κ1) is 44.1. The normalized spacial score (nSPS) is 15.7. The van der Waals surface area contributed by atoms with Gasteiger partial charge in [-0.2, -0.15) is 0 Å². The van der Waals surface area contributed by atoms with Crippen LogP contribution in [0.15, 0.2) is 173 Å². The Morgan fingerprint density at radius 1 is 0.466 bits per heavy atom. The average molecular weight is 945 g/mol. The van der Waals surface area contributed by atoms with E-state index in [1.165, 1.54) is 127 Å². The third-order valence-corrected chi connectivity index (χ3v) is 17.6. The molecule has 0 aliphatic heterocycles. The van der Waals surface area contributed by atoms with Crippen molar-refractivity contribution in [2.24, 2.45) is 0 Å². The van der Waals surface area contributed by atoms with Crippen molar-refractivity contribution >= 4 is 55.5 Å². The molecule has 0 amide bonds. The van der Waals surface area contributed by atoms with E-state index in [2.05, 4.69) is 239 Å². The number of hydrogen-bond donors (Lipinski definition) is 0. The Labute approximate surface area is 429 Å². The van der Waals surface area contributed by atoms with Crippen LogP contribution in [0.3, 0.4) is 0 Å². The molecule has 0 radical (unpaired) electrons. The summed E-state index contributed by atoms with van der Waals surface area (Å²) in [6.07, 6.45) is 3.27. The van der Waals surface area contributed by atoms with Gasteiger partial charge in [0.15, 0.2) is 0 Å². The van der Waals surface area contributed by atoms with E-state index in [4.69, 9.17) is 8.83 Å². The molecule has 2 aromatic heterocycles. The van der Waals surface area contributed by atoms with Crippen molar-refractivity contribution in [2.75, 3.05) is 0 Å². The van der Waals surface area contributed by atoms with Crippen molar-refractivity contribution in [3.8, 4) is 44.5 Å². The van der Waals surface area contributed by atoms with Crippen LogP contribution in [0.25, 0.3) is 100 Å². The molecule has 0 spiro atoms. The zero-order chi connectivity index (χ0) is 50.1. The molecule has 0 N–H and O–H groups in total. The maximum Gasteiger partial charge on any atom is 0.143 e. The third-order valence-electron chi connectivity index (χ3n) is 17.6. The Bertz CT molecular complexity index is 4220. The molecule has 3 aliphatic rings. The van der Waals surface area contributed by atoms with Crippen LogP contribution in [0.5, 0.6) is 0 Å². The molecule has 0 saturated heterocycles. The topological polar surface area (TPSA) is 26.3 Å². The highest BCUT2D eigenvalue weighted by molar-refractivity contribution is 6.19. The predicted molar refractivity (Wildman–Crippen MR) is 307 cm³/mol. The Morgan fingerprint density at radius 3 is 1.81 bits per heavy atom. The van der Waals surface area contributed by atoms with Crippen LogP contribution in [-0.4, -0.2) is 0 Å². The molecule has 0 atom stereocenters. The van der Waals surface area contributed by atoms with Gasteiger partial charge >= 0.3 is 0 Å². The number of furan rings is 2. The van der Waals surface area contributed by atoms with E-state index in [1.807, 2.05) is 0 Å². The highest BCUT2D eigenvalue weighted by atomic mass is 16.3. The predicted octanol–water partition coefficient (Wildman–Crippen LogP) is 19.5. The Kier molecular flexibility index (Phi) is 9.02. The zero-order valence-electron chi connectivity index (χ0n) is 43.7. The van der Waals surface area contributed by atoms with Gasteiger partial charge in [0.05, 0.1) is 0 Å². The molecule has 2 heteroatoms. The monoisotopic (exact) mass is 944 g/mol.